The lowest BCUT2D eigenvalue weighted by Crippen LogP contribution is -1.96. The first-order valence-electron chi connectivity index (χ1n) is 7.58. The Morgan fingerprint density at radius 1 is 1.12 bits per heavy atom. The van der Waals surface area contributed by atoms with Crippen LogP contribution < -0.4 is 4.74 Å². The first-order valence-corrected chi connectivity index (χ1v) is 7.99. The minimum Gasteiger partial charge on any atom is -0.489 e. The zero-order chi connectivity index (χ0) is 16.9. The Hall–Kier alpha value is -2.73. The smallest absolute Gasteiger partial charge is 0.216 e. The van der Waals surface area contributed by atoms with Crippen LogP contribution in [0.1, 0.15) is 22.5 Å². The van der Waals surface area contributed by atoms with Crippen molar-refractivity contribution in [2.24, 2.45) is 5.10 Å². The van der Waals surface area contributed by atoms with Crippen LogP contribution in [0.5, 0.6) is 5.75 Å². The van der Waals surface area contributed by atoms with E-state index in [2.05, 4.69) is 46.5 Å². The normalized spacial score (nSPS) is 11.1. The van der Waals surface area contributed by atoms with E-state index in [1.807, 2.05) is 31.2 Å². The van der Waals surface area contributed by atoms with E-state index in [1.165, 1.54) is 5.56 Å². The van der Waals surface area contributed by atoms with Gasteiger partial charge in [-0.1, -0.05) is 29.8 Å². The van der Waals surface area contributed by atoms with Crippen molar-refractivity contribution in [3.63, 3.8) is 0 Å². The summed E-state index contributed by atoms with van der Waals surface area (Å²) in [7, 11) is 0. The van der Waals surface area contributed by atoms with Crippen LogP contribution in [0.3, 0.4) is 0 Å². The van der Waals surface area contributed by atoms with E-state index in [4.69, 9.17) is 17.0 Å². The Morgan fingerprint density at radius 3 is 2.46 bits per heavy atom. The molecule has 0 aliphatic rings. The second kappa shape index (κ2) is 7.23. The number of aryl methyl sites for hydroxylation is 2. The molecule has 122 valence electrons. The van der Waals surface area contributed by atoms with E-state index < -0.39 is 0 Å². The Kier molecular flexibility index (Phi) is 4.86. The average molecular weight is 338 g/mol. The van der Waals surface area contributed by atoms with Crippen LogP contribution in [-0.4, -0.2) is 21.1 Å². The molecule has 3 rings (SSSR count). The topological polar surface area (TPSA) is 55.2 Å². The zero-order valence-electron chi connectivity index (χ0n) is 13.6. The number of nitrogens with one attached hydrogen (secondary N) is 1. The van der Waals surface area contributed by atoms with E-state index in [1.54, 1.807) is 10.9 Å². The minimum atomic E-state index is 0.474. The molecular weight excluding hydrogens is 320 g/mol. The van der Waals surface area contributed by atoms with Gasteiger partial charge in [0.2, 0.25) is 4.77 Å². The first-order chi connectivity index (χ1) is 11.6. The summed E-state index contributed by atoms with van der Waals surface area (Å²) in [6, 6.07) is 16.1. The van der Waals surface area contributed by atoms with E-state index in [9.17, 15) is 0 Å². The number of benzene rings is 2. The van der Waals surface area contributed by atoms with Crippen LogP contribution >= 0.6 is 12.2 Å². The third-order valence-corrected chi connectivity index (χ3v) is 3.80. The van der Waals surface area contributed by atoms with Gasteiger partial charge in [-0.2, -0.15) is 14.9 Å². The van der Waals surface area contributed by atoms with Crippen molar-refractivity contribution in [3.05, 3.63) is 75.8 Å². The largest absolute Gasteiger partial charge is 0.489 e. The van der Waals surface area contributed by atoms with Crippen molar-refractivity contribution in [2.45, 2.75) is 20.5 Å². The molecule has 24 heavy (non-hydrogen) atoms. The van der Waals surface area contributed by atoms with Crippen molar-refractivity contribution in [1.82, 2.24) is 14.9 Å². The fourth-order valence-corrected chi connectivity index (χ4v) is 2.36. The Labute approximate surface area is 145 Å². The summed E-state index contributed by atoms with van der Waals surface area (Å²) in [4.78, 5) is 0. The van der Waals surface area contributed by atoms with Gasteiger partial charge in [0.15, 0.2) is 0 Å². The summed E-state index contributed by atoms with van der Waals surface area (Å²) in [6.45, 7) is 4.46. The molecule has 5 nitrogen and oxygen atoms in total. The van der Waals surface area contributed by atoms with Gasteiger partial charge in [-0.3, -0.25) is 5.10 Å². The molecule has 0 radical (unpaired) electrons. The Morgan fingerprint density at radius 2 is 1.83 bits per heavy atom. The summed E-state index contributed by atoms with van der Waals surface area (Å²) in [5, 5.41) is 11.0. The molecule has 2 aromatic carbocycles. The van der Waals surface area contributed by atoms with Crippen LogP contribution in [0.25, 0.3) is 0 Å². The lowest BCUT2D eigenvalue weighted by Gasteiger charge is -2.06. The van der Waals surface area contributed by atoms with Crippen molar-refractivity contribution in [3.8, 4) is 5.75 Å². The highest BCUT2D eigenvalue weighted by molar-refractivity contribution is 7.71. The molecule has 0 fully saturated rings. The molecule has 0 aliphatic carbocycles. The number of aromatic nitrogens is 3. The standard InChI is InChI=1S/C18H18N4OS/c1-13-3-5-16(6-4-13)12-23-17-9-7-15(8-10-17)11-19-22-14(2)20-21-18(22)24/h3-11H,12H2,1-2H3,(H,21,24)/b19-11+. The molecule has 0 aliphatic heterocycles. The SMILES string of the molecule is Cc1ccc(COc2ccc(/C=N/n3c(C)n[nH]c3=S)cc2)cc1. The minimum absolute atomic E-state index is 0.474. The number of ether oxygens (including phenoxy) is 1. The Balaban J connectivity index is 1.63. The number of aromatic amines is 1. The first kappa shape index (κ1) is 16.1. The summed E-state index contributed by atoms with van der Waals surface area (Å²) in [5.41, 5.74) is 3.35. The maximum absolute atomic E-state index is 5.79. The quantitative estimate of drug-likeness (QED) is 0.565. The number of rotatable bonds is 5. The summed E-state index contributed by atoms with van der Waals surface area (Å²) >= 11 is 5.11. The van der Waals surface area contributed by atoms with Gasteiger partial charge in [0.05, 0.1) is 6.21 Å². The molecular formula is C18H18N4OS. The molecule has 3 aromatic rings. The van der Waals surface area contributed by atoms with Crippen LogP contribution in [0, 0.1) is 18.6 Å². The maximum Gasteiger partial charge on any atom is 0.216 e. The van der Waals surface area contributed by atoms with Crippen LogP contribution in [0.2, 0.25) is 0 Å². The van der Waals surface area contributed by atoms with Gasteiger partial charge in [-0.05, 0) is 61.5 Å². The molecule has 1 N–H and O–H groups in total. The lowest BCUT2D eigenvalue weighted by molar-refractivity contribution is 0.306. The molecule has 0 saturated carbocycles. The maximum atomic E-state index is 5.79. The van der Waals surface area contributed by atoms with E-state index >= 15 is 0 Å². The van der Waals surface area contributed by atoms with Crippen molar-refractivity contribution in [1.29, 1.82) is 0 Å². The average Bonchev–Trinajstić information content (AvgIpc) is 2.92. The highest BCUT2D eigenvalue weighted by Gasteiger charge is 1.99. The van der Waals surface area contributed by atoms with E-state index in [0.717, 1.165) is 16.9 Å². The molecule has 0 spiro atoms. The fourth-order valence-electron chi connectivity index (χ4n) is 2.13. The Bertz CT molecular complexity index is 892. The molecule has 0 bridgehead atoms. The number of hydrogen-bond donors (Lipinski definition) is 1. The van der Waals surface area contributed by atoms with Gasteiger partial charge in [0, 0.05) is 0 Å². The van der Waals surface area contributed by atoms with Gasteiger partial charge in [-0.15, -0.1) is 0 Å². The molecule has 0 atom stereocenters. The summed E-state index contributed by atoms with van der Waals surface area (Å²) in [5.74, 6) is 1.54. The molecule has 0 amide bonds. The number of hydrogen-bond acceptors (Lipinski definition) is 4. The second-order valence-electron chi connectivity index (χ2n) is 5.48. The summed E-state index contributed by atoms with van der Waals surface area (Å²) in [6.07, 6.45) is 1.74. The second-order valence-corrected chi connectivity index (χ2v) is 5.86. The van der Waals surface area contributed by atoms with Gasteiger partial charge >= 0.3 is 0 Å². The third-order valence-electron chi connectivity index (χ3n) is 3.54. The van der Waals surface area contributed by atoms with E-state index in [-0.39, 0.29) is 0 Å². The van der Waals surface area contributed by atoms with E-state index in [0.29, 0.717) is 17.2 Å². The number of nitrogens with zero attached hydrogens (tertiary/aromatic N) is 3. The van der Waals surface area contributed by atoms with Crippen molar-refractivity contribution in [2.75, 3.05) is 0 Å². The van der Waals surface area contributed by atoms with Gasteiger partial charge in [-0.25, -0.2) is 0 Å². The van der Waals surface area contributed by atoms with Crippen molar-refractivity contribution < 1.29 is 4.74 Å². The number of H-pyrrole nitrogens is 1. The lowest BCUT2D eigenvalue weighted by atomic mass is 10.2. The predicted octanol–water partition coefficient (Wildman–Crippen LogP) is 4.02. The monoisotopic (exact) mass is 338 g/mol. The third kappa shape index (κ3) is 3.97. The predicted molar refractivity (Wildman–Crippen MR) is 97.1 cm³/mol. The van der Waals surface area contributed by atoms with Crippen molar-refractivity contribution >= 4 is 18.4 Å². The van der Waals surface area contributed by atoms with Crippen LogP contribution in [0.4, 0.5) is 0 Å². The van der Waals surface area contributed by atoms with Gasteiger partial charge in [0.25, 0.3) is 0 Å². The van der Waals surface area contributed by atoms with Gasteiger partial charge in [0.1, 0.15) is 18.2 Å². The summed E-state index contributed by atoms with van der Waals surface area (Å²) < 4.78 is 7.85. The highest BCUT2D eigenvalue weighted by atomic mass is 32.1. The van der Waals surface area contributed by atoms with Crippen LogP contribution in [0.15, 0.2) is 53.6 Å². The molecule has 1 heterocycles. The molecule has 0 unspecified atom stereocenters. The highest BCUT2D eigenvalue weighted by Crippen LogP contribution is 2.14. The zero-order valence-corrected chi connectivity index (χ0v) is 14.4. The molecule has 1 aromatic heterocycles. The molecule has 0 saturated heterocycles. The van der Waals surface area contributed by atoms with Crippen LogP contribution in [-0.2, 0) is 6.61 Å². The van der Waals surface area contributed by atoms with Gasteiger partial charge < -0.3 is 4.74 Å². The molecule has 6 heteroatoms. The fraction of sp³-hybridized carbons (Fsp3) is 0.167.